The largest absolute Gasteiger partial charge is 0.479 e. The molecule has 0 radical (unpaired) electrons. The summed E-state index contributed by atoms with van der Waals surface area (Å²) in [7, 11) is 1.22. The molecule has 92 valence electrons. The van der Waals surface area contributed by atoms with Gasteiger partial charge in [0.05, 0.1) is 18.4 Å². The topological polar surface area (TPSA) is 71.5 Å². The number of alkyl halides is 3. The molecule has 0 aliphatic heterocycles. The number of ether oxygens (including phenoxy) is 1. The molecule has 0 amide bonds. The summed E-state index contributed by atoms with van der Waals surface area (Å²) >= 11 is 0. The lowest BCUT2D eigenvalue weighted by Crippen LogP contribution is -2.23. The van der Waals surface area contributed by atoms with E-state index in [0.29, 0.717) is 0 Å². The van der Waals surface area contributed by atoms with Gasteiger partial charge in [0, 0.05) is 0 Å². The van der Waals surface area contributed by atoms with Gasteiger partial charge in [-0.3, -0.25) is 5.41 Å². The highest BCUT2D eigenvalue weighted by Gasteiger charge is 2.30. The molecule has 0 fully saturated rings. The van der Waals surface area contributed by atoms with Crippen molar-refractivity contribution in [3.05, 3.63) is 29.8 Å². The molecule has 3 N–H and O–H groups in total. The van der Waals surface area contributed by atoms with Crippen molar-refractivity contribution in [2.24, 2.45) is 10.7 Å². The maximum atomic E-state index is 12.4. The van der Waals surface area contributed by atoms with Gasteiger partial charge in [-0.25, -0.2) is 4.99 Å². The van der Waals surface area contributed by atoms with E-state index in [4.69, 9.17) is 11.1 Å². The highest BCUT2D eigenvalue weighted by atomic mass is 19.4. The molecular formula is C10H10F3N3O. The van der Waals surface area contributed by atoms with Gasteiger partial charge in [0.25, 0.3) is 0 Å². The van der Waals surface area contributed by atoms with Crippen LogP contribution in [0.5, 0.6) is 0 Å². The Hall–Kier alpha value is -2.05. The van der Waals surface area contributed by atoms with E-state index >= 15 is 0 Å². The van der Waals surface area contributed by atoms with E-state index in [1.807, 2.05) is 0 Å². The lowest BCUT2D eigenvalue weighted by molar-refractivity contribution is -0.137. The number of methoxy groups -OCH3 is 1. The standard InChI is InChI=1S/C10H10F3N3O/c1-17-9(15)8(14)16-7-4-2-3-6(5-7)10(11,12)13/h2-5,15H,1H3,(H2,14,16). The van der Waals surface area contributed by atoms with E-state index in [2.05, 4.69) is 9.73 Å². The van der Waals surface area contributed by atoms with E-state index in [0.717, 1.165) is 12.1 Å². The molecule has 0 bridgehead atoms. The molecule has 0 spiro atoms. The van der Waals surface area contributed by atoms with E-state index in [1.54, 1.807) is 0 Å². The highest BCUT2D eigenvalue weighted by Crippen LogP contribution is 2.31. The molecule has 0 heterocycles. The molecule has 0 aliphatic carbocycles. The number of hydrogen-bond acceptors (Lipinski definition) is 3. The lowest BCUT2D eigenvalue weighted by atomic mass is 10.2. The monoisotopic (exact) mass is 245 g/mol. The van der Waals surface area contributed by atoms with Crippen molar-refractivity contribution in [3.8, 4) is 0 Å². The van der Waals surface area contributed by atoms with Gasteiger partial charge in [-0.1, -0.05) is 6.07 Å². The predicted molar refractivity (Wildman–Crippen MR) is 57.5 cm³/mol. The van der Waals surface area contributed by atoms with Gasteiger partial charge >= 0.3 is 6.18 Å². The fourth-order valence-corrected chi connectivity index (χ4v) is 1.05. The van der Waals surface area contributed by atoms with Crippen LogP contribution in [0.25, 0.3) is 0 Å². The molecule has 1 aromatic rings. The Morgan fingerprint density at radius 3 is 2.59 bits per heavy atom. The van der Waals surface area contributed by atoms with Gasteiger partial charge in [0.15, 0.2) is 5.84 Å². The van der Waals surface area contributed by atoms with Gasteiger partial charge in [-0.15, -0.1) is 0 Å². The maximum Gasteiger partial charge on any atom is 0.416 e. The van der Waals surface area contributed by atoms with Crippen molar-refractivity contribution < 1.29 is 17.9 Å². The van der Waals surface area contributed by atoms with Crippen LogP contribution in [0.3, 0.4) is 0 Å². The summed E-state index contributed by atoms with van der Waals surface area (Å²) in [5.41, 5.74) is 4.53. The van der Waals surface area contributed by atoms with Crippen LogP contribution in [-0.4, -0.2) is 18.8 Å². The molecule has 1 aromatic carbocycles. The van der Waals surface area contributed by atoms with Crippen LogP contribution in [0, 0.1) is 5.41 Å². The van der Waals surface area contributed by atoms with Crippen molar-refractivity contribution in [2.75, 3.05) is 7.11 Å². The summed E-state index contributed by atoms with van der Waals surface area (Å²) in [6, 6.07) is 4.34. The van der Waals surface area contributed by atoms with Crippen LogP contribution in [-0.2, 0) is 10.9 Å². The summed E-state index contributed by atoms with van der Waals surface area (Å²) < 4.78 is 41.6. The predicted octanol–water partition coefficient (Wildman–Crippen LogP) is 2.32. The van der Waals surface area contributed by atoms with E-state index in [-0.39, 0.29) is 11.5 Å². The number of hydrogen-bond donors (Lipinski definition) is 2. The molecule has 0 saturated carbocycles. The second kappa shape index (κ2) is 4.86. The van der Waals surface area contributed by atoms with Crippen LogP contribution in [0.2, 0.25) is 0 Å². The fourth-order valence-electron chi connectivity index (χ4n) is 1.05. The highest BCUT2D eigenvalue weighted by molar-refractivity contribution is 6.36. The Bertz CT molecular complexity index is 454. The summed E-state index contributed by atoms with van der Waals surface area (Å²) in [6.07, 6.45) is -4.44. The first-order chi connectivity index (χ1) is 7.84. The van der Waals surface area contributed by atoms with Crippen LogP contribution in [0.15, 0.2) is 29.3 Å². The van der Waals surface area contributed by atoms with Crippen molar-refractivity contribution >= 4 is 17.4 Å². The van der Waals surface area contributed by atoms with Gasteiger partial charge in [-0.2, -0.15) is 13.2 Å². The maximum absolute atomic E-state index is 12.4. The lowest BCUT2D eigenvalue weighted by Gasteiger charge is -2.07. The third-order valence-electron chi connectivity index (χ3n) is 1.86. The second-order valence-electron chi connectivity index (χ2n) is 3.08. The first-order valence-corrected chi connectivity index (χ1v) is 4.49. The number of aliphatic imine (C=N–C) groups is 1. The Kier molecular flexibility index (Phi) is 3.72. The van der Waals surface area contributed by atoms with Crippen molar-refractivity contribution in [1.29, 1.82) is 5.41 Å². The van der Waals surface area contributed by atoms with Gasteiger partial charge in [0.2, 0.25) is 5.90 Å². The Morgan fingerprint density at radius 2 is 2.06 bits per heavy atom. The Labute approximate surface area is 95.4 Å². The Morgan fingerprint density at radius 1 is 1.41 bits per heavy atom. The average molecular weight is 245 g/mol. The minimum Gasteiger partial charge on any atom is -0.479 e. The summed E-state index contributed by atoms with van der Waals surface area (Å²) in [5, 5.41) is 7.17. The molecule has 0 saturated heterocycles. The molecule has 0 unspecified atom stereocenters. The molecule has 0 aromatic heterocycles. The zero-order valence-corrected chi connectivity index (χ0v) is 8.88. The fraction of sp³-hybridized carbons (Fsp3) is 0.200. The SMILES string of the molecule is COC(=N)C(N)=Nc1cccc(C(F)(F)F)c1. The average Bonchev–Trinajstić information content (AvgIpc) is 2.27. The molecular weight excluding hydrogens is 235 g/mol. The number of nitrogens with two attached hydrogens (primary N) is 1. The van der Waals surface area contributed by atoms with Crippen LogP contribution in [0.4, 0.5) is 18.9 Å². The number of rotatable bonds is 1. The van der Waals surface area contributed by atoms with Crippen LogP contribution in [0.1, 0.15) is 5.56 Å². The Balaban J connectivity index is 3.05. The minimum atomic E-state index is -4.44. The molecule has 7 heteroatoms. The minimum absolute atomic E-state index is 0.0131. The molecule has 1 rings (SSSR count). The van der Waals surface area contributed by atoms with E-state index in [1.165, 1.54) is 19.2 Å². The summed E-state index contributed by atoms with van der Waals surface area (Å²) in [4.78, 5) is 3.65. The summed E-state index contributed by atoms with van der Waals surface area (Å²) in [5.74, 6) is -0.686. The smallest absolute Gasteiger partial charge is 0.416 e. The first kappa shape index (κ1) is 13.0. The van der Waals surface area contributed by atoms with Crippen molar-refractivity contribution in [3.63, 3.8) is 0 Å². The molecule has 0 aliphatic rings. The zero-order chi connectivity index (χ0) is 13.1. The second-order valence-corrected chi connectivity index (χ2v) is 3.08. The van der Waals surface area contributed by atoms with Gasteiger partial charge in [-0.05, 0) is 18.2 Å². The van der Waals surface area contributed by atoms with E-state index in [9.17, 15) is 13.2 Å². The number of nitrogens with one attached hydrogen (secondary N) is 1. The molecule has 0 atom stereocenters. The number of nitrogens with zero attached hydrogens (tertiary/aromatic N) is 1. The third-order valence-corrected chi connectivity index (χ3v) is 1.86. The normalized spacial score (nSPS) is 12.4. The van der Waals surface area contributed by atoms with Gasteiger partial charge in [0.1, 0.15) is 0 Å². The van der Waals surface area contributed by atoms with Crippen molar-refractivity contribution in [1.82, 2.24) is 0 Å². The summed E-state index contributed by atoms with van der Waals surface area (Å²) in [6.45, 7) is 0. The first-order valence-electron chi connectivity index (χ1n) is 4.49. The van der Waals surface area contributed by atoms with Crippen molar-refractivity contribution in [2.45, 2.75) is 6.18 Å². The zero-order valence-electron chi connectivity index (χ0n) is 8.88. The van der Waals surface area contributed by atoms with Gasteiger partial charge < -0.3 is 10.5 Å². The number of halogens is 3. The number of benzene rings is 1. The van der Waals surface area contributed by atoms with Crippen LogP contribution >= 0.6 is 0 Å². The quantitative estimate of drug-likeness (QED) is 0.588. The van der Waals surface area contributed by atoms with E-state index < -0.39 is 17.6 Å². The third kappa shape index (κ3) is 3.47. The molecule has 4 nitrogen and oxygen atoms in total. The number of amidine groups is 1. The van der Waals surface area contributed by atoms with Crippen LogP contribution < -0.4 is 5.73 Å². The molecule has 17 heavy (non-hydrogen) atoms.